The Bertz CT molecular complexity index is 319. The Labute approximate surface area is 82.9 Å². The van der Waals surface area contributed by atoms with Gasteiger partial charge in [0.15, 0.2) is 0 Å². The summed E-state index contributed by atoms with van der Waals surface area (Å²) in [6, 6.07) is 7.15. The molecule has 0 atom stereocenters. The van der Waals surface area contributed by atoms with E-state index in [1.807, 2.05) is 12.1 Å². The van der Waals surface area contributed by atoms with Crippen LogP contribution in [-0.4, -0.2) is 11.2 Å². The summed E-state index contributed by atoms with van der Waals surface area (Å²) < 4.78 is 0. The van der Waals surface area contributed by atoms with Crippen molar-refractivity contribution >= 4 is 11.8 Å². The first-order valence-electron chi connectivity index (χ1n) is 4.40. The highest BCUT2D eigenvalue weighted by Crippen LogP contribution is 2.18. The van der Waals surface area contributed by atoms with Crippen LogP contribution in [0.3, 0.4) is 0 Å². The first-order chi connectivity index (χ1) is 6.52. The topological polar surface area (TPSA) is 66.6 Å². The molecule has 3 N–H and O–H groups in total. The number of hydrogen-bond donors (Lipinski definition) is 2. The zero-order valence-corrected chi connectivity index (χ0v) is 8.27. The maximum absolute atomic E-state index is 10.5. The minimum absolute atomic E-state index is 0.431. The van der Waals surface area contributed by atoms with Crippen molar-refractivity contribution in [1.29, 1.82) is 0 Å². The van der Waals surface area contributed by atoms with E-state index in [0.29, 0.717) is 16.6 Å². The van der Waals surface area contributed by atoms with Crippen molar-refractivity contribution in [3.8, 4) is 0 Å². The van der Waals surface area contributed by atoms with Crippen molar-refractivity contribution in [2.24, 2.45) is 5.84 Å². The number of nitrogens with zero attached hydrogens (tertiary/aromatic N) is 1. The number of rotatable bonds is 2. The molecule has 0 radical (unpaired) electrons. The van der Waals surface area contributed by atoms with Crippen LogP contribution in [0.25, 0.3) is 0 Å². The second-order valence-corrected chi connectivity index (χ2v) is 3.40. The third-order valence-corrected chi connectivity index (χ3v) is 2.04. The standard InChI is InChI=1S/C10H14N2O2/c1-7(2)8-3-5-9(6-4-8)12(11)10(13)14/h3-7H,11H2,1-2H3,(H,13,14). The minimum Gasteiger partial charge on any atom is -0.464 e. The van der Waals surface area contributed by atoms with Crippen LogP contribution >= 0.6 is 0 Å². The Morgan fingerprint density at radius 1 is 1.36 bits per heavy atom. The van der Waals surface area contributed by atoms with Crippen LogP contribution in [0.5, 0.6) is 0 Å². The molecule has 1 amide bonds. The Kier molecular flexibility index (Phi) is 3.09. The lowest BCUT2D eigenvalue weighted by molar-refractivity contribution is 0.202. The van der Waals surface area contributed by atoms with E-state index in [1.54, 1.807) is 12.1 Å². The summed E-state index contributed by atoms with van der Waals surface area (Å²) in [7, 11) is 0. The molecule has 0 saturated heterocycles. The number of amides is 1. The Morgan fingerprint density at radius 3 is 2.21 bits per heavy atom. The predicted molar refractivity (Wildman–Crippen MR) is 55.2 cm³/mol. The van der Waals surface area contributed by atoms with Gasteiger partial charge in [0, 0.05) is 0 Å². The lowest BCUT2D eigenvalue weighted by Crippen LogP contribution is -2.35. The fourth-order valence-corrected chi connectivity index (χ4v) is 1.13. The molecule has 0 spiro atoms. The van der Waals surface area contributed by atoms with Crippen molar-refractivity contribution in [2.75, 3.05) is 5.01 Å². The quantitative estimate of drug-likeness (QED) is 0.430. The molecule has 0 saturated carbocycles. The number of carboxylic acid groups (broad SMARTS) is 1. The maximum atomic E-state index is 10.5. The predicted octanol–water partition coefficient (Wildman–Crippen LogP) is 2.17. The highest BCUT2D eigenvalue weighted by Gasteiger charge is 2.08. The van der Waals surface area contributed by atoms with Crippen molar-refractivity contribution < 1.29 is 9.90 Å². The zero-order chi connectivity index (χ0) is 10.7. The molecule has 0 heterocycles. The molecule has 0 bridgehead atoms. The molecule has 14 heavy (non-hydrogen) atoms. The lowest BCUT2D eigenvalue weighted by Gasteiger charge is -2.13. The second kappa shape index (κ2) is 4.11. The van der Waals surface area contributed by atoms with Crippen molar-refractivity contribution in [2.45, 2.75) is 19.8 Å². The van der Waals surface area contributed by atoms with E-state index in [9.17, 15) is 4.79 Å². The van der Waals surface area contributed by atoms with Crippen LogP contribution in [0, 0.1) is 0 Å². The molecule has 0 unspecified atom stereocenters. The summed E-state index contributed by atoms with van der Waals surface area (Å²) in [5, 5.41) is 9.31. The smallest absolute Gasteiger partial charge is 0.426 e. The number of anilines is 1. The minimum atomic E-state index is -1.16. The van der Waals surface area contributed by atoms with Crippen molar-refractivity contribution in [3.63, 3.8) is 0 Å². The van der Waals surface area contributed by atoms with E-state index >= 15 is 0 Å². The molecule has 0 aliphatic carbocycles. The normalized spacial score (nSPS) is 10.3. The summed E-state index contributed by atoms with van der Waals surface area (Å²) in [6.45, 7) is 4.15. The van der Waals surface area contributed by atoms with Crippen LogP contribution < -0.4 is 10.9 Å². The summed E-state index contributed by atoms with van der Waals surface area (Å²) in [5.74, 6) is 5.73. The van der Waals surface area contributed by atoms with Gasteiger partial charge in [0.05, 0.1) is 5.69 Å². The van der Waals surface area contributed by atoms with E-state index in [-0.39, 0.29) is 0 Å². The highest BCUT2D eigenvalue weighted by atomic mass is 16.4. The Balaban J connectivity index is 2.88. The van der Waals surface area contributed by atoms with E-state index in [0.717, 1.165) is 5.56 Å². The SMILES string of the molecule is CC(C)c1ccc(N(N)C(=O)O)cc1. The number of nitrogens with two attached hydrogens (primary N) is 1. The number of hydrogen-bond acceptors (Lipinski definition) is 2. The number of carbonyl (C=O) groups is 1. The third kappa shape index (κ3) is 2.23. The first kappa shape index (κ1) is 10.5. The summed E-state index contributed by atoms with van der Waals surface area (Å²) in [6.07, 6.45) is -1.16. The van der Waals surface area contributed by atoms with E-state index in [4.69, 9.17) is 10.9 Å². The van der Waals surface area contributed by atoms with Crippen LogP contribution in [0.2, 0.25) is 0 Å². The van der Waals surface area contributed by atoms with Gasteiger partial charge in [-0.1, -0.05) is 26.0 Å². The molecule has 0 aliphatic heterocycles. The van der Waals surface area contributed by atoms with Crippen LogP contribution in [0.1, 0.15) is 25.3 Å². The summed E-state index contributed by atoms with van der Waals surface area (Å²) >= 11 is 0. The molecular weight excluding hydrogens is 180 g/mol. The lowest BCUT2D eigenvalue weighted by atomic mass is 10.0. The molecule has 0 fully saturated rings. The Hall–Kier alpha value is -1.55. The summed E-state index contributed by atoms with van der Waals surface area (Å²) in [4.78, 5) is 10.5. The van der Waals surface area contributed by atoms with Gasteiger partial charge in [-0.2, -0.15) is 0 Å². The van der Waals surface area contributed by atoms with E-state index < -0.39 is 6.09 Å². The fourth-order valence-electron chi connectivity index (χ4n) is 1.13. The van der Waals surface area contributed by atoms with Crippen LogP contribution in [0.4, 0.5) is 10.5 Å². The first-order valence-corrected chi connectivity index (χ1v) is 4.40. The van der Waals surface area contributed by atoms with Gasteiger partial charge in [-0.05, 0) is 23.6 Å². The molecule has 0 aliphatic rings. The van der Waals surface area contributed by atoms with Gasteiger partial charge in [0.2, 0.25) is 0 Å². The van der Waals surface area contributed by atoms with Crippen molar-refractivity contribution in [3.05, 3.63) is 29.8 Å². The molecule has 4 heteroatoms. The van der Waals surface area contributed by atoms with Crippen LogP contribution in [0.15, 0.2) is 24.3 Å². The summed E-state index contributed by atoms with van der Waals surface area (Å²) in [5.41, 5.74) is 1.63. The van der Waals surface area contributed by atoms with Gasteiger partial charge in [-0.3, -0.25) is 0 Å². The average Bonchev–Trinajstić information content (AvgIpc) is 2.16. The van der Waals surface area contributed by atoms with E-state index in [2.05, 4.69) is 13.8 Å². The molecule has 4 nitrogen and oxygen atoms in total. The molecule has 1 aromatic rings. The molecule has 0 aromatic heterocycles. The van der Waals surface area contributed by atoms with Crippen LogP contribution in [-0.2, 0) is 0 Å². The van der Waals surface area contributed by atoms with Gasteiger partial charge in [-0.25, -0.2) is 15.6 Å². The monoisotopic (exact) mass is 194 g/mol. The highest BCUT2D eigenvalue weighted by molar-refractivity contribution is 5.84. The van der Waals surface area contributed by atoms with Crippen molar-refractivity contribution in [1.82, 2.24) is 0 Å². The maximum Gasteiger partial charge on any atom is 0.426 e. The molecule has 1 rings (SSSR count). The van der Waals surface area contributed by atoms with Gasteiger partial charge >= 0.3 is 6.09 Å². The van der Waals surface area contributed by atoms with E-state index in [1.165, 1.54) is 0 Å². The molecular formula is C10H14N2O2. The average molecular weight is 194 g/mol. The zero-order valence-electron chi connectivity index (χ0n) is 8.27. The Morgan fingerprint density at radius 2 is 1.86 bits per heavy atom. The number of hydrazine groups is 1. The van der Waals surface area contributed by atoms with Gasteiger partial charge in [0.1, 0.15) is 0 Å². The van der Waals surface area contributed by atoms with Gasteiger partial charge < -0.3 is 5.11 Å². The molecule has 1 aromatic carbocycles. The number of benzene rings is 1. The van der Waals surface area contributed by atoms with Gasteiger partial charge in [0.25, 0.3) is 0 Å². The largest absolute Gasteiger partial charge is 0.464 e. The molecule has 76 valence electrons. The second-order valence-electron chi connectivity index (χ2n) is 3.40. The fraction of sp³-hybridized carbons (Fsp3) is 0.300. The van der Waals surface area contributed by atoms with Gasteiger partial charge in [-0.15, -0.1) is 0 Å². The third-order valence-electron chi connectivity index (χ3n) is 2.04.